The summed E-state index contributed by atoms with van der Waals surface area (Å²) in [6.07, 6.45) is 4.65. The normalized spacial score (nSPS) is 25.8. The van der Waals surface area contributed by atoms with Crippen LogP contribution in [0.25, 0.3) is 0 Å². The lowest BCUT2D eigenvalue weighted by Crippen LogP contribution is -2.33. The molecular weight excluding hydrogens is 270 g/mol. The topological polar surface area (TPSA) is 12.0 Å². The number of hydrogen-bond acceptors (Lipinski definition) is 2. The van der Waals surface area contributed by atoms with E-state index in [4.69, 9.17) is 0 Å². The summed E-state index contributed by atoms with van der Waals surface area (Å²) < 4.78 is 1.17. The quantitative estimate of drug-likeness (QED) is 0.831. The van der Waals surface area contributed by atoms with Gasteiger partial charge in [-0.3, -0.25) is 0 Å². The molecule has 0 aliphatic carbocycles. The van der Waals surface area contributed by atoms with Crippen LogP contribution >= 0.6 is 27.7 Å². The third-order valence-electron chi connectivity index (χ3n) is 3.12. The average Bonchev–Trinajstić information content (AvgIpc) is 2.66. The minimum atomic E-state index is 0.169. The Morgan fingerprint density at radius 2 is 2.27 bits per heavy atom. The van der Waals surface area contributed by atoms with Crippen LogP contribution in [0.1, 0.15) is 25.3 Å². The molecule has 1 unspecified atom stereocenters. The van der Waals surface area contributed by atoms with Gasteiger partial charge in [0, 0.05) is 14.9 Å². The molecule has 0 bridgehead atoms. The molecule has 2 rings (SSSR count). The Labute approximate surface area is 104 Å². The van der Waals surface area contributed by atoms with Gasteiger partial charge in [0.2, 0.25) is 0 Å². The molecule has 1 atom stereocenters. The number of nitrogens with one attached hydrogen (secondary N) is 1. The number of benzene rings is 1. The van der Waals surface area contributed by atoms with Gasteiger partial charge in [0.15, 0.2) is 0 Å². The van der Waals surface area contributed by atoms with Crippen LogP contribution in [0.2, 0.25) is 0 Å². The van der Waals surface area contributed by atoms with E-state index in [2.05, 4.69) is 52.6 Å². The first-order valence-corrected chi connectivity index (χ1v) is 7.26. The van der Waals surface area contributed by atoms with Crippen LogP contribution in [-0.4, -0.2) is 12.8 Å². The maximum Gasteiger partial charge on any atom is 0.0418 e. The van der Waals surface area contributed by atoms with Gasteiger partial charge in [-0.2, -0.15) is 0 Å². The number of thioether (sulfide) groups is 1. The summed E-state index contributed by atoms with van der Waals surface area (Å²) in [5.74, 6) is 0. The molecular formula is C12H16BrNS. The first-order valence-electron chi connectivity index (χ1n) is 5.25. The van der Waals surface area contributed by atoms with E-state index < -0.39 is 0 Å². The highest BCUT2D eigenvalue weighted by molar-refractivity contribution is 9.10. The minimum absolute atomic E-state index is 0.169. The van der Waals surface area contributed by atoms with Gasteiger partial charge in [-0.15, -0.1) is 11.8 Å². The van der Waals surface area contributed by atoms with Crippen molar-refractivity contribution in [1.82, 2.24) is 5.32 Å². The Bertz CT molecular complexity index is 359. The van der Waals surface area contributed by atoms with Crippen molar-refractivity contribution in [2.24, 2.45) is 0 Å². The predicted molar refractivity (Wildman–Crippen MR) is 70.5 cm³/mol. The summed E-state index contributed by atoms with van der Waals surface area (Å²) in [6, 6.07) is 6.58. The molecule has 1 saturated heterocycles. The highest BCUT2D eigenvalue weighted by Crippen LogP contribution is 2.37. The number of hydrogen-bond donors (Lipinski definition) is 1. The predicted octanol–water partition coefficient (Wildman–Crippen LogP) is 3.77. The molecule has 1 aliphatic rings. The number of halogens is 1. The summed E-state index contributed by atoms with van der Waals surface area (Å²) in [4.78, 5) is 1.38. The molecule has 1 aliphatic heterocycles. The van der Waals surface area contributed by atoms with Crippen LogP contribution in [0.3, 0.4) is 0 Å². The summed E-state index contributed by atoms with van der Waals surface area (Å²) >= 11 is 5.39. The molecule has 1 fully saturated rings. The SMILES string of the molecule is CSc1ccc(Br)cc1C1(C)CCCN1. The third-order valence-corrected chi connectivity index (χ3v) is 4.41. The highest BCUT2D eigenvalue weighted by atomic mass is 79.9. The summed E-state index contributed by atoms with van der Waals surface area (Å²) in [5.41, 5.74) is 1.60. The molecule has 1 nitrogen and oxygen atoms in total. The minimum Gasteiger partial charge on any atom is -0.308 e. The maximum atomic E-state index is 3.62. The molecule has 1 N–H and O–H groups in total. The summed E-state index contributed by atoms with van der Waals surface area (Å²) in [6.45, 7) is 3.44. The first-order chi connectivity index (χ1) is 7.15. The fraction of sp³-hybridized carbons (Fsp3) is 0.500. The molecule has 1 aromatic rings. The molecule has 0 aromatic heterocycles. The van der Waals surface area contributed by atoms with Crippen molar-refractivity contribution >= 4 is 27.7 Å². The van der Waals surface area contributed by atoms with Crippen LogP contribution in [-0.2, 0) is 5.54 Å². The smallest absolute Gasteiger partial charge is 0.0418 e. The Morgan fingerprint density at radius 1 is 1.47 bits per heavy atom. The molecule has 82 valence electrons. The van der Waals surface area contributed by atoms with Gasteiger partial charge < -0.3 is 5.32 Å². The van der Waals surface area contributed by atoms with Gasteiger partial charge in [0.1, 0.15) is 0 Å². The summed E-state index contributed by atoms with van der Waals surface area (Å²) in [7, 11) is 0. The zero-order valence-electron chi connectivity index (χ0n) is 9.14. The van der Waals surface area contributed by atoms with Crippen molar-refractivity contribution in [2.75, 3.05) is 12.8 Å². The molecule has 0 amide bonds. The Balaban J connectivity index is 2.44. The molecule has 15 heavy (non-hydrogen) atoms. The van der Waals surface area contributed by atoms with Crippen molar-refractivity contribution in [3.63, 3.8) is 0 Å². The second kappa shape index (κ2) is 4.48. The first kappa shape index (κ1) is 11.5. The zero-order valence-corrected chi connectivity index (χ0v) is 11.5. The van der Waals surface area contributed by atoms with Crippen molar-refractivity contribution < 1.29 is 0 Å². The standard InChI is InChI=1S/C12H16BrNS/c1-12(6-3-7-14-12)10-8-9(13)4-5-11(10)15-2/h4-5,8,14H,3,6-7H2,1-2H3. The third kappa shape index (κ3) is 2.24. The van der Waals surface area contributed by atoms with Crippen LogP contribution in [0.5, 0.6) is 0 Å². The van der Waals surface area contributed by atoms with Gasteiger partial charge in [0.05, 0.1) is 0 Å². The maximum absolute atomic E-state index is 3.62. The second-order valence-corrected chi connectivity index (χ2v) is 5.97. The fourth-order valence-corrected chi connectivity index (χ4v) is 3.31. The van der Waals surface area contributed by atoms with Crippen molar-refractivity contribution in [1.29, 1.82) is 0 Å². The van der Waals surface area contributed by atoms with E-state index in [1.54, 1.807) is 0 Å². The van der Waals surface area contributed by atoms with Crippen molar-refractivity contribution in [2.45, 2.75) is 30.2 Å². The van der Waals surface area contributed by atoms with Gasteiger partial charge in [-0.05, 0) is 56.3 Å². The second-order valence-electron chi connectivity index (χ2n) is 4.21. The van der Waals surface area contributed by atoms with Crippen LogP contribution in [0.15, 0.2) is 27.6 Å². The van der Waals surface area contributed by atoms with Gasteiger partial charge in [0.25, 0.3) is 0 Å². The van der Waals surface area contributed by atoms with Crippen LogP contribution < -0.4 is 5.32 Å². The van der Waals surface area contributed by atoms with E-state index in [-0.39, 0.29) is 5.54 Å². The van der Waals surface area contributed by atoms with Crippen molar-refractivity contribution in [3.05, 3.63) is 28.2 Å². The Morgan fingerprint density at radius 3 is 2.87 bits per heavy atom. The Hall–Kier alpha value is 0.01000. The molecule has 0 spiro atoms. The number of rotatable bonds is 2. The van der Waals surface area contributed by atoms with E-state index in [9.17, 15) is 0 Å². The summed E-state index contributed by atoms with van der Waals surface area (Å²) in [5, 5.41) is 3.62. The molecule has 1 aromatic carbocycles. The van der Waals surface area contributed by atoms with Gasteiger partial charge in [-0.25, -0.2) is 0 Å². The van der Waals surface area contributed by atoms with Gasteiger partial charge in [-0.1, -0.05) is 15.9 Å². The van der Waals surface area contributed by atoms with Crippen LogP contribution in [0, 0.1) is 0 Å². The van der Waals surface area contributed by atoms with E-state index >= 15 is 0 Å². The molecule has 3 heteroatoms. The van der Waals surface area contributed by atoms with Crippen LogP contribution in [0.4, 0.5) is 0 Å². The lowest BCUT2D eigenvalue weighted by Gasteiger charge is -2.27. The molecule has 0 saturated carbocycles. The van der Waals surface area contributed by atoms with E-state index in [0.29, 0.717) is 0 Å². The highest BCUT2D eigenvalue weighted by Gasteiger charge is 2.31. The zero-order chi connectivity index (χ0) is 10.9. The molecule has 0 radical (unpaired) electrons. The Kier molecular flexibility index (Phi) is 3.43. The van der Waals surface area contributed by atoms with E-state index in [0.717, 1.165) is 6.54 Å². The van der Waals surface area contributed by atoms with E-state index in [1.165, 1.54) is 27.8 Å². The average molecular weight is 286 g/mol. The lowest BCUT2D eigenvalue weighted by atomic mass is 9.90. The largest absolute Gasteiger partial charge is 0.308 e. The fourth-order valence-electron chi connectivity index (χ4n) is 2.24. The lowest BCUT2D eigenvalue weighted by molar-refractivity contribution is 0.427. The van der Waals surface area contributed by atoms with Gasteiger partial charge >= 0.3 is 0 Å². The monoisotopic (exact) mass is 285 g/mol. The van der Waals surface area contributed by atoms with E-state index in [1.807, 2.05) is 11.8 Å². The molecule has 1 heterocycles. The van der Waals surface area contributed by atoms with Crippen molar-refractivity contribution in [3.8, 4) is 0 Å².